The van der Waals surface area contributed by atoms with Gasteiger partial charge >= 0.3 is 0 Å². The molecule has 0 atom stereocenters. The van der Waals surface area contributed by atoms with Gasteiger partial charge in [0.25, 0.3) is 0 Å². The van der Waals surface area contributed by atoms with E-state index in [0.717, 1.165) is 0 Å². The standard InChI is InChI=1S/C11H14O5S/c1-15-10-5-4-9(8-11(10)16-2)17(13,14)7-3-6-12/h4-6,8H,3,7H2,1-2H3. The van der Waals surface area contributed by atoms with Crippen molar-refractivity contribution in [1.82, 2.24) is 0 Å². The number of methoxy groups -OCH3 is 2. The predicted molar refractivity (Wildman–Crippen MR) is 62.3 cm³/mol. The molecule has 1 aromatic carbocycles. The normalized spacial score (nSPS) is 10.9. The van der Waals surface area contributed by atoms with Gasteiger partial charge in [-0.3, -0.25) is 0 Å². The molecule has 1 rings (SSSR count). The highest BCUT2D eigenvalue weighted by Crippen LogP contribution is 2.29. The third kappa shape index (κ3) is 3.20. The van der Waals surface area contributed by atoms with Crippen molar-refractivity contribution in [3.05, 3.63) is 18.2 Å². The second-order valence-electron chi connectivity index (χ2n) is 3.29. The number of aldehydes is 1. The van der Waals surface area contributed by atoms with Crippen molar-refractivity contribution in [2.45, 2.75) is 11.3 Å². The third-order valence-corrected chi connectivity index (χ3v) is 3.96. The summed E-state index contributed by atoms with van der Waals surface area (Å²) in [7, 11) is -0.546. The maximum absolute atomic E-state index is 11.8. The number of hydrogen-bond acceptors (Lipinski definition) is 5. The molecule has 94 valence electrons. The van der Waals surface area contributed by atoms with Gasteiger partial charge in [-0.15, -0.1) is 0 Å². The number of sulfone groups is 1. The van der Waals surface area contributed by atoms with Crippen LogP contribution in [0.25, 0.3) is 0 Å². The highest BCUT2D eigenvalue weighted by atomic mass is 32.2. The zero-order valence-electron chi connectivity index (χ0n) is 9.67. The van der Waals surface area contributed by atoms with Crippen LogP contribution in [0.2, 0.25) is 0 Å². The Kier molecular flexibility index (Phi) is 4.51. The molecular weight excluding hydrogens is 244 g/mol. The van der Waals surface area contributed by atoms with E-state index >= 15 is 0 Å². The van der Waals surface area contributed by atoms with Crippen LogP contribution >= 0.6 is 0 Å². The van der Waals surface area contributed by atoms with Crippen molar-refractivity contribution in [3.8, 4) is 11.5 Å². The quantitative estimate of drug-likeness (QED) is 0.714. The molecule has 0 saturated carbocycles. The number of ether oxygens (including phenoxy) is 2. The number of benzene rings is 1. The molecule has 0 unspecified atom stereocenters. The Bertz CT molecular complexity index is 493. The van der Waals surface area contributed by atoms with Crippen LogP contribution in [0.4, 0.5) is 0 Å². The Labute approximate surface area is 100 Å². The fourth-order valence-electron chi connectivity index (χ4n) is 1.33. The van der Waals surface area contributed by atoms with Gasteiger partial charge in [0, 0.05) is 12.5 Å². The molecule has 0 heterocycles. The van der Waals surface area contributed by atoms with Gasteiger partial charge in [0.05, 0.1) is 24.9 Å². The number of carbonyl (C=O) groups is 1. The van der Waals surface area contributed by atoms with Crippen molar-refractivity contribution in [1.29, 1.82) is 0 Å². The lowest BCUT2D eigenvalue weighted by Gasteiger charge is -2.09. The Morgan fingerprint density at radius 1 is 1.18 bits per heavy atom. The van der Waals surface area contributed by atoms with E-state index in [1.807, 2.05) is 0 Å². The van der Waals surface area contributed by atoms with Gasteiger partial charge in [0.2, 0.25) is 0 Å². The third-order valence-electron chi connectivity index (χ3n) is 2.22. The lowest BCUT2D eigenvalue weighted by molar-refractivity contribution is -0.107. The molecule has 0 bridgehead atoms. The van der Waals surface area contributed by atoms with Crippen LogP contribution in [0.1, 0.15) is 6.42 Å². The molecule has 5 nitrogen and oxygen atoms in total. The van der Waals surface area contributed by atoms with Gasteiger partial charge in [-0.05, 0) is 12.1 Å². The molecule has 17 heavy (non-hydrogen) atoms. The lowest BCUT2D eigenvalue weighted by Crippen LogP contribution is -2.07. The fraction of sp³-hybridized carbons (Fsp3) is 0.364. The van der Waals surface area contributed by atoms with E-state index in [1.54, 1.807) is 0 Å². The van der Waals surface area contributed by atoms with Gasteiger partial charge in [-0.2, -0.15) is 0 Å². The van der Waals surface area contributed by atoms with Crippen molar-refractivity contribution in [2.75, 3.05) is 20.0 Å². The highest BCUT2D eigenvalue weighted by molar-refractivity contribution is 7.91. The second-order valence-corrected chi connectivity index (χ2v) is 5.40. The van der Waals surface area contributed by atoms with E-state index in [9.17, 15) is 13.2 Å². The molecule has 0 aliphatic carbocycles. The van der Waals surface area contributed by atoms with E-state index in [4.69, 9.17) is 9.47 Å². The van der Waals surface area contributed by atoms with E-state index < -0.39 is 9.84 Å². The Hall–Kier alpha value is -1.56. The van der Waals surface area contributed by atoms with Crippen LogP contribution < -0.4 is 9.47 Å². The first-order valence-corrected chi connectivity index (χ1v) is 6.59. The van der Waals surface area contributed by atoms with Gasteiger partial charge in [-0.25, -0.2) is 8.42 Å². The van der Waals surface area contributed by atoms with Crippen LogP contribution in [0.15, 0.2) is 23.1 Å². The second kappa shape index (κ2) is 5.67. The van der Waals surface area contributed by atoms with Crippen LogP contribution in [0.3, 0.4) is 0 Å². The van der Waals surface area contributed by atoms with E-state index in [2.05, 4.69) is 0 Å². The first-order valence-electron chi connectivity index (χ1n) is 4.93. The van der Waals surface area contributed by atoms with Crippen LogP contribution in [0.5, 0.6) is 11.5 Å². The number of hydrogen-bond donors (Lipinski definition) is 0. The maximum atomic E-state index is 11.8. The van der Waals surface area contributed by atoms with Crippen LogP contribution in [-0.2, 0) is 14.6 Å². The molecule has 0 aliphatic rings. The fourth-order valence-corrected chi connectivity index (χ4v) is 2.54. The minimum absolute atomic E-state index is 0.0172. The molecular formula is C11H14O5S. The summed E-state index contributed by atoms with van der Waals surface area (Å²) in [6.07, 6.45) is 0.564. The lowest BCUT2D eigenvalue weighted by atomic mass is 10.3. The van der Waals surface area contributed by atoms with Gasteiger partial charge < -0.3 is 14.3 Å². The molecule has 0 aliphatic heterocycles. The van der Waals surface area contributed by atoms with Crippen molar-refractivity contribution < 1.29 is 22.7 Å². The SMILES string of the molecule is COc1ccc(S(=O)(=O)CCC=O)cc1OC. The molecule has 0 aromatic heterocycles. The first kappa shape index (κ1) is 13.5. The molecule has 0 N–H and O–H groups in total. The maximum Gasteiger partial charge on any atom is 0.178 e. The Morgan fingerprint density at radius 3 is 2.35 bits per heavy atom. The predicted octanol–water partition coefficient (Wildman–Crippen LogP) is 1.07. The molecule has 0 spiro atoms. The largest absolute Gasteiger partial charge is 0.493 e. The summed E-state index contributed by atoms with van der Waals surface area (Å²) in [5.41, 5.74) is 0. The highest BCUT2D eigenvalue weighted by Gasteiger charge is 2.16. The average molecular weight is 258 g/mol. The van der Waals surface area contributed by atoms with Crippen LogP contribution in [-0.4, -0.2) is 34.7 Å². The number of carbonyl (C=O) groups excluding carboxylic acids is 1. The molecule has 1 aromatic rings. The summed E-state index contributed by atoms with van der Waals surface area (Å²) in [6.45, 7) is 0. The van der Waals surface area contributed by atoms with Gasteiger partial charge in [0.15, 0.2) is 21.3 Å². The molecule has 0 saturated heterocycles. The molecule has 0 fully saturated rings. The van der Waals surface area contributed by atoms with E-state index in [-0.39, 0.29) is 17.1 Å². The minimum Gasteiger partial charge on any atom is -0.493 e. The smallest absolute Gasteiger partial charge is 0.178 e. The summed E-state index contributed by atoms with van der Waals surface area (Å²) in [6, 6.07) is 4.34. The summed E-state index contributed by atoms with van der Waals surface area (Å²) in [4.78, 5) is 10.3. The zero-order valence-corrected chi connectivity index (χ0v) is 10.5. The zero-order chi connectivity index (χ0) is 12.9. The van der Waals surface area contributed by atoms with Crippen molar-refractivity contribution >= 4 is 16.1 Å². The summed E-state index contributed by atoms with van der Waals surface area (Å²) >= 11 is 0. The van der Waals surface area contributed by atoms with E-state index in [1.165, 1.54) is 32.4 Å². The average Bonchev–Trinajstić information content (AvgIpc) is 2.35. The topological polar surface area (TPSA) is 69.7 Å². The Morgan fingerprint density at radius 2 is 1.82 bits per heavy atom. The molecule has 6 heteroatoms. The van der Waals surface area contributed by atoms with Gasteiger partial charge in [-0.1, -0.05) is 0 Å². The van der Waals surface area contributed by atoms with Crippen molar-refractivity contribution in [2.24, 2.45) is 0 Å². The first-order chi connectivity index (χ1) is 8.05. The summed E-state index contributed by atoms with van der Waals surface area (Å²) in [5.74, 6) is 0.605. The summed E-state index contributed by atoms with van der Waals surface area (Å²) in [5, 5.41) is 0. The minimum atomic E-state index is -3.45. The Balaban J connectivity index is 3.11. The van der Waals surface area contributed by atoms with Gasteiger partial charge in [0.1, 0.15) is 6.29 Å². The molecule has 0 amide bonds. The molecule has 0 radical (unpaired) electrons. The number of rotatable bonds is 6. The van der Waals surface area contributed by atoms with E-state index in [0.29, 0.717) is 17.8 Å². The monoisotopic (exact) mass is 258 g/mol. The van der Waals surface area contributed by atoms with Crippen LogP contribution in [0, 0.1) is 0 Å². The van der Waals surface area contributed by atoms with Crippen molar-refractivity contribution in [3.63, 3.8) is 0 Å². The summed E-state index contributed by atoms with van der Waals surface area (Å²) < 4.78 is 33.6.